The van der Waals surface area contributed by atoms with Gasteiger partial charge < -0.3 is 10.1 Å². The summed E-state index contributed by atoms with van der Waals surface area (Å²) >= 11 is 0. The summed E-state index contributed by atoms with van der Waals surface area (Å²) in [7, 11) is 0. The summed E-state index contributed by atoms with van der Waals surface area (Å²) in [6.07, 6.45) is 3.96. The topological polar surface area (TPSA) is 21.3 Å². The zero-order valence-electron chi connectivity index (χ0n) is 9.01. The molecule has 1 aliphatic heterocycles. The van der Waals surface area contributed by atoms with Crippen LogP contribution in [0.1, 0.15) is 33.1 Å². The van der Waals surface area contributed by atoms with E-state index in [9.17, 15) is 0 Å². The molecule has 0 aromatic heterocycles. The second-order valence-electron chi connectivity index (χ2n) is 4.23. The average molecular weight is 185 g/mol. The minimum atomic E-state index is 0.798. The first-order valence-corrected chi connectivity index (χ1v) is 5.61. The van der Waals surface area contributed by atoms with Crippen molar-refractivity contribution in [1.82, 2.24) is 5.32 Å². The highest BCUT2D eigenvalue weighted by molar-refractivity contribution is 4.67. The standard InChI is InChI=1S/C11H23NO/c1-3-12-8-10(2)7-11-5-4-6-13-9-11/h10-12H,3-9H2,1-2H3. The second kappa shape index (κ2) is 6.39. The van der Waals surface area contributed by atoms with Gasteiger partial charge in [-0.25, -0.2) is 0 Å². The number of hydrogen-bond donors (Lipinski definition) is 1. The van der Waals surface area contributed by atoms with Crippen molar-refractivity contribution in [2.75, 3.05) is 26.3 Å². The molecule has 0 aliphatic carbocycles. The maximum atomic E-state index is 5.47. The third kappa shape index (κ3) is 4.63. The first-order valence-electron chi connectivity index (χ1n) is 5.61. The van der Waals surface area contributed by atoms with Crippen molar-refractivity contribution in [2.45, 2.75) is 33.1 Å². The van der Waals surface area contributed by atoms with Gasteiger partial charge in [0.1, 0.15) is 0 Å². The highest BCUT2D eigenvalue weighted by Crippen LogP contribution is 2.20. The first kappa shape index (κ1) is 11.0. The number of rotatable bonds is 5. The smallest absolute Gasteiger partial charge is 0.0494 e. The fourth-order valence-corrected chi connectivity index (χ4v) is 2.04. The molecule has 2 unspecified atom stereocenters. The fourth-order valence-electron chi connectivity index (χ4n) is 2.04. The van der Waals surface area contributed by atoms with Gasteiger partial charge in [0.2, 0.25) is 0 Å². The van der Waals surface area contributed by atoms with Gasteiger partial charge in [-0.05, 0) is 44.2 Å². The van der Waals surface area contributed by atoms with Crippen LogP contribution in [0.15, 0.2) is 0 Å². The van der Waals surface area contributed by atoms with Crippen LogP contribution >= 0.6 is 0 Å². The summed E-state index contributed by atoms with van der Waals surface area (Å²) < 4.78 is 5.47. The van der Waals surface area contributed by atoms with E-state index in [1.807, 2.05) is 0 Å². The Kier molecular flexibility index (Phi) is 5.40. The molecule has 0 radical (unpaired) electrons. The van der Waals surface area contributed by atoms with Crippen LogP contribution < -0.4 is 5.32 Å². The van der Waals surface area contributed by atoms with Crippen molar-refractivity contribution >= 4 is 0 Å². The van der Waals surface area contributed by atoms with Crippen LogP contribution in [0.25, 0.3) is 0 Å². The first-order chi connectivity index (χ1) is 6.33. The van der Waals surface area contributed by atoms with E-state index in [2.05, 4.69) is 19.2 Å². The molecule has 0 amide bonds. The lowest BCUT2D eigenvalue weighted by molar-refractivity contribution is 0.0461. The van der Waals surface area contributed by atoms with Gasteiger partial charge in [-0.2, -0.15) is 0 Å². The molecule has 0 spiro atoms. The van der Waals surface area contributed by atoms with Crippen molar-refractivity contribution in [3.05, 3.63) is 0 Å². The van der Waals surface area contributed by atoms with E-state index < -0.39 is 0 Å². The Balaban J connectivity index is 2.07. The molecule has 1 fully saturated rings. The third-order valence-corrected chi connectivity index (χ3v) is 2.73. The monoisotopic (exact) mass is 185 g/mol. The predicted octanol–water partition coefficient (Wildman–Crippen LogP) is 2.05. The minimum absolute atomic E-state index is 0.798. The van der Waals surface area contributed by atoms with Crippen LogP contribution in [0.2, 0.25) is 0 Å². The average Bonchev–Trinajstić information content (AvgIpc) is 2.16. The molecule has 1 N–H and O–H groups in total. The van der Waals surface area contributed by atoms with E-state index in [1.54, 1.807) is 0 Å². The molecule has 1 heterocycles. The molecular weight excluding hydrogens is 162 g/mol. The van der Waals surface area contributed by atoms with Gasteiger partial charge in [-0.3, -0.25) is 0 Å². The predicted molar refractivity (Wildman–Crippen MR) is 55.9 cm³/mol. The van der Waals surface area contributed by atoms with Crippen LogP contribution in [0.4, 0.5) is 0 Å². The summed E-state index contributed by atoms with van der Waals surface area (Å²) in [5.74, 6) is 1.62. The molecule has 2 heteroatoms. The van der Waals surface area contributed by atoms with Crippen LogP contribution in [0.3, 0.4) is 0 Å². The lowest BCUT2D eigenvalue weighted by Crippen LogP contribution is -2.25. The normalized spacial score (nSPS) is 25.8. The van der Waals surface area contributed by atoms with Crippen molar-refractivity contribution in [2.24, 2.45) is 11.8 Å². The number of ether oxygens (including phenoxy) is 1. The molecular formula is C11H23NO. The number of hydrogen-bond acceptors (Lipinski definition) is 2. The van der Waals surface area contributed by atoms with E-state index in [-0.39, 0.29) is 0 Å². The van der Waals surface area contributed by atoms with Gasteiger partial charge in [-0.15, -0.1) is 0 Å². The molecule has 1 saturated heterocycles. The summed E-state index contributed by atoms with van der Waals surface area (Å²) in [5.41, 5.74) is 0. The fraction of sp³-hybridized carbons (Fsp3) is 1.00. The third-order valence-electron chi connectivity index (χ3n) is 2.73. The Morgan fingerprint density at radius 3 is 3.00 bits per heavy atom. The molecule has 13 heavy (non-hydrogen) atoms. The van der Waals surface area contributed by atoms with Gasteiger partial charge in [0.25, 0.3) is 0 Å². The van der Waals surface area contributed by atoms with E-state index in [4.69, 9.17) is 4.74 Å². The molecule has 0 bridgehead atoms. The molecule has 0 saturated carbocycles. The Hall–Kier alpha value is -0.0800. The van der Waals surface area contributed by atoms with E-state index in [0.717, 1.165) is 38.1 Å². The Bertz CT molecular complexity index is 121. The molecule has 0 aromatic rings. The highest BCUT2D eigenvalue weighted by atomic mass is 16.5. The van der Waals surface area contributed by atoms with Crippen LogP contribution in [0.5, 0.6) is 0 Å². The van der Waals surface area contributed by atoms with E-state index >= 15 is 0 Å². The summed E-state index contributed by atoms with van der Waals surface area (Å²) in [4.78, 5) is 0. The summed E-state index contributed by atoms with van der Waals surface area (Å²) in [6.45, 7) is 8.72. The van der Waals surface area contributed by atoms with Crippen LogP contribution in [-0.4, -0.2) is 26.3 Å². The Labute approximate surface area is 82.0 Å². The largest absolute Gasteiger partial charge is 0.381 e. The maximum absolute atomic E-state index is 5.47. The number of nitrogens with one attached hydrogen (secondary N) is 1. The maximum Gasteiger partial charge on any atom is 0.0494 e. The van der Waals surface area contributed by atoms with Crippen LogP contribution in [-0.2, 0) is 4.74 Å². The van der Waals surface area contributed by atoms with Gasteiger partial charge in [-0.1, -0.05) is 13.8 Å². The van der Waals surface area contributed by atoms with Crippen molar-refractivity contribution in [3.8, 4) is 0 Å². The zero-order chi connectivity index (χ0) is 9.52. The molecule has 2 atom stereocenters. The van der Waals surface area contributed by atoms with Gasteiger partial charge in [0.05, 0.1) is 0 Å². The van der Waals surface area contributed by atoms with Gasteiger partial charge in [0.15, 0.2) is 0 Å². The molecule has 0 aromatic carbocycles. The zero-order valence-corrected chi connectivity index (χ0v) is 9.01. The highest BCUT2D eigenvalue weighted by Gasteiger charge is 2.16. The SMILES string of the molecule is CCNCC(C)CC1CCCOC1. The van der Waals surface area contributed by atoms with Crippen molar-refractivity contribution in [1.29, 1.82) is 0 Å². The van der Waals surface area contributed by atoms with Crippen molar-refractivity contribution < 1.29 is 4.74 Å². The summed E-state index contributed by atoms with van der Waals surface area (Å²) in [6, 6.07) is 0. The Morgan fingerprint density at radius 2 is 2.38 bits per heavy atom. The quantitative estimate of drug-likeness (QED) is 0.708. The van der Waals surface area contributed by atoms with Gasteiger partial charge in [0, 0.05) is 13.2 Å². The summed E-state index contributed by atoms with van der Waals surface area (Å²) in [5, 5.41) is 3.40. The molecule has 1 aliphatic rings. The molecule has 2 nitrogen and oxygen atoms in total. The Morgan fingerprint density at radius 1 is 1.54 bits per heavy atom. The van der Waals surface area contributed by atoms with Crippen LogP contribution in [0, 0.1) is 11.8 Å². The molecule has 1 rings (SSSR count). The lowest BCUT2D eigenvalue weighted by atomic mass is 9.91. The van der Waals surface area contributed by atoms with Gasteiger partial charge >= 0.3 is 0 Å². The van der Waals surface area contributed by atoms with E-state index in [1.165, 1.54) is 19.3 Å². The second-order valence-corrected chi connectivity index (χ2v) is 4.23. The lowest BCUT2D eigenvalue weighted by Gasteiger charge is -2.24. The van der Waals surface area contributed by atoms with E-state index in [0.29, 0.717) is 0 Å². The minimum Gasteiger partial charge on any atom is -0.381 e. The van der Waals surface area contributed by atoms with Crippen molar-refractivity contribution in [3.63, 3.8) is 0 Å². The molecule has 78 valence electrons.